The molecule has 2 heterocycles. The van der Waals surface area contributed by atoms with E-state index in [-0.39, 0.29) is 16.6 Å². The van der Waals surface area contributed by atoms with E-state index in [4.69, 9.17) is 14.5 Å². The fourth-order valence-corrected chi connectivity index (χ4v) is 8.14. The number of ether oxygens (including phenoxy) is 2. The molecule has 0 spiro atoms. The van der Waals surface area contributed by atoms with Crippen LogP contribution in [0.3, 0.4) is 0 Å². The van der Waals surface area contributed by atoms with Gasteiger partial charge >= 0.3 is 0 Å². The first-order valence-electron chi connectivity index (χ1n) is 14.9. The molecule has 4 unspecified atom stereocenters. The van der Waals surface area contributed by atoms with Crippen molar-refractivity contribution in [3.05, 3.63) is 77.5 Å². The Kier molecular flexibility index (Phi) is 8.88. The van der Waals surface area contributed by atoms with Crippen LogP contribution >= 0.6 is 0 Å². The van der Waals surface area contributed by atoms with Gasteiger partial charge in [0.25, 0.3) is 0 Å². The van der Waals surface area contributed by atoms with Gasteiger partial charge in [0.2, 0.25) is 0 Å². The predicted molar refractivity (Wildman–Crippen MR) is 163 cm³/mol. The number of hydrogen-bond donors (Lipinski definition) is 1. The van der Waals surface area contributed by atoms with Gasteiger partial charge < -0.3 is 14.6 Å². The lowest BCUT2D eigenvalue weighted by Crippen LogP contribution is -2.48. The second kappa shape index (κ2) is 12.2. The Hall–Kier alpha value is -2.74. The SMILES string of the molecule is Cc1cc(C2(Oc3ccc(S(=O)(=O)CC(O)C=C4CCOCC4)cc3)CC(C)CCC2C(C)C)c2ccccc2n1. The van der Waals surface area contributed by atoms with Gasteiger partial charge in [-0.2, -0.15) is 0 Å². The normalized spacial score (nSPS) is 24.4. The van der Waals surface area contributed by atoms with Gasteiger partial charge in [0.1, 0.15) is 11.4 Å². The average molecular weight is 578 g/mol. The van der Waals surface area contributed by atoms with Gasteiger partial charge in [0, 0.05) is 22.6 Å². The minimum absolute atomic E-state index is 0.186. The number of nitrogens with zero attached hydrogens (tertiary/aromatic N) is 1. The van der Waals surface area contributed by atoms with Crippen molar-refractivity contribution in [3.63, 3.8) is 0 Å². The van der Waals surface area contributed by atoms with Gasteiger partial charge in [-0.25, -0.2) is 8.42 Å². The Morgan fingerprint density at radius 2 is 1.80 bits per heavy atom. The zero-order valence-corrected chi connectivity index (χ0v) is 25.5. The van der Waals surface area contributed by atoms with Gasteiger partial charge in [-0.05, 0) is 80.8 Å². The average Bonchev–Trinajstić information content (AvgIpc) is 2.93. The molecule has 220 valence electrons. The molecule has 0 radical (unpaired) electrons. The summed E-state index contributed by atoms with van der Waals surface area (Å²) in [6.07, 6.45) is 5.17. The van der Waals surface area contributed by atoms with Crippen LogP contribution in [0.4, 0.5) is 0 Å². The molecule has 1 N–H and O–H groups in total. The number of para-hydroxylation sites is 1. The highest BCUT2D eigenvalue weighted by molar-refractivity contribution is 7.91. The largest absolute Gasteiger partial charge is 0.482 e. The minimum Gasteiger partial charge on any atom is -0.482 e. The number of fused-ring (bicyclic) bond motifs is 1. The molecule has 1 aliphatic carbocycles. The first kappa shape index (κ1) is 29.7. The third kappa shape index (κ3) is 6.52. The molecule has 5 rings (SSSR count). The van der Waals surface area contributed by atoms with Gasteiger partial charge in [-0.15, -0.1) is 0 Å². The Labute approximate surface area is 244 Å². The molecule has 0 bridgehead atoms. The highest BCUT2D eigenvalue weighted by Crippen LogP contribution is 2.51. The number of aromatic nitrogens is 1. The van der Waals surface area contributed by atoms with Crippen LogP contribution in [0, 0.1) is 24.7 Å². The number of hydrogen-bond acceptors (Lipinski definition) is 6. The van der Waals surface area contributed by atoms with Gasteiger partial charge in [0.15, 0.2) is 9.84 Å². The number of aliphatic hydroxyl groups excluding tert-OH is 1. The van der Waals surface area contributed by atoms with Crippen molar-refractivity contribution in [2.75, 3.05) is 19.0 Å². The summed E-state index contributed by atoms with van der Waals surface area (Å²) in [5.74, 6) is 1.44. The highest BCUT2D eigenvalue weighted by Gasteiger charge is 2.49. The third-order valence-corrected chi connectivity index (χ3v) is 10.5. The second-order valence-corrected chi connectivity index (χ2v) is 14.3. The second-order valence-electron chi connectivity index (χ2n) is 12.3. The van der Waals surface area contributed by atoms with E-state index in [1.807, 2.05) is 13.0 Å². The number of aryl methyl sites for hydroxylation is 1. The molecule has 3 aromatic rings. The predicted octanol–water partition coefficient (Wildman–Crippen LogP) is 6.78. The molecule has 7 heteroatoms. The van der Waals surface area contributed by atoms with Crippen molar-refractivity contribution in [3.8, 4) is 5.75 Å². The molecule has 2 aliphatic rings. The molecule has 41 heavy (non-hydrogen) atoms. The van der Waals surface area contributed by atoms with Gasteiger partial charge in [-0.1, -0.05) is 57.0 Å². The summed E-state index contributed by atoms with van der Waals surface area (Å²) in [6, 6.07) is 17.2. The number of sulfone groups is 1. The van der Waals surface area contributed by atoms with Gasteiger partial charge in [0.05, 0.1) is 35.5 Å². The Morgan fingerprint density at radius 1 is 1.10 bits per heavy atom. The number of rotatable bonds is 8. The standard InChI is InChI=1S/C34H43NO5S/c1-23(2)31-14-9-24(3)21-34(31,32-19-25(4)35-33-8-6-5-7-30(32)33)40-28-10-12-29(13-11-28)41(37,38)22-27(36)20-26-15-17-39-18-16-26/h5-8,10-13,19-20,23-24,27,31,36H,9,14-18,21-22H2,1-4H3. The van der Waals surface area contributed by atoms with E-state index in [9.17, 15) is 13.5 Å². The maximum absolute atomic E-state index is 13.2. The number of benzene rings is 2. The summed E-state index contributed by atoms with van der Waals surface area (Å²) in [5.41, 5.74) is 3.55. The summed E-state index contributed by atoms with van der Waals surface area (Å²) < 4.78 is 38.8. The quantitative estimate of drug-likeness (QED) is 0.297. The van der Waals surface area contributed by atoms with Crippen LogP contribution in [0.2, 0.25) is 0 Å². The van der Waals surface area contributed by atoms with Crippen LogP contribution in [-0.4, -0.2) is 43.6 Å². The molecular formula is C34H43NO5S. The highest BCUT2D eigenvalue weighted by atomic mass is 32.2. The van der Waals surface area contributed by atoms with E-state index in [2.05, 4.69) is 45.0 Å². The lowest BCUT2D eigenvalue weighted by atomic mass is 9.63. The fraction of sp³-hybridized carbons (Fsp3) is 0.500. The molecule has 0 amide bonds. The minimum atomic E-state index is -3.68. The number of aliphatic hydroxyl groups is 1. The molecule has 2 fully saturated rings. The lowest BCUT2D eigenvalue weighted by Gasteiger charge is -2.49. The van der Waals surface area contributed by atoms with Crippen molar-refractivity contribution in [1.29, 1.82) is 0 Å². The third-order valence-electron chi connectivity index (χ3n) is 8.76. The summed E-state index contributed by atoms with van der Waals surface area (Å²) >= 11 is 0. The molecular weight excluding hydrogens is 534 g/mol. The van der Waals surface area contributed by atoms with Crippen LogP contribution in [0.15, 0.2) is 71.1 Å². The van der Waals surface area contributed by atoms with E-state index in [0.717, 1.165) is 59.8 Å². The van der Waals surface area contributed by atoms with Crippen molar-refractivity contribution < 1.29 is 23.0 Å². The summed E-state index contributed by atoms with van der Waals surface area (Å²) in [7, 11) is -3.68. The molecule has 1 aliphatic heterocycles. The Morgan fingerprint density at radius 3 is 2.51 bits per heavy atom. The summed E-state index contributed by atoms with van der Waals surface area (Å²) in [4.78, 5) is 4.99. The zero-order valence-electron chi connectivity index (χ0n) is 24.7. The van der Waals surface area contributed by atoms with Crippen LogP contribution < -0.4 is 4.74 Å². The maximum Gasteiger partial charge on any atom is 0.181 e. The van der Waals surface area contributed by atoms with E-state index < -0.39 is 21.5 Å². The molecule has 6 nitrogen and oxygen atoms in total. The van der Waals surface area contributed by atoms with Gasteiger partial charge in [-0.3, -0.25) is 4.98 Å². The first-order chi connectivity index (χ1) is 19.6. The first-order valence-corrected chi connectivity index (χ1v) is 16.6. The smallest absolute Gasteiger partial charge is 0.181 e. The van der Waals surface area contributed by atoms with E-state index >= 15 is 0 Å². The van der Waals surface area contributed by atoms with Crippen LogP contribution in [0.1, 0.15) is 64.1 Å². The Balaban J connectivity index is 1.48. The monoisotopic (exact) mass is 577 g/mol. The van der Waals surface area contributed by atoms with Crippen LogP contribution in [0.25, 0.3) is 10.9 Å². The maximum atomic E-state index is 13.2. The molecule has 1 aromatic heterocycles. The van der Waals surface area contributed by atoms with E-state index in [0.29, 0.717) is 30.8 Å². The Bertz CT molecular complexity index is 1490. The van der Waals surface area contributed by atoms with Crippen LogP contribution in [0.5, 0.6) is 5.75 Å². The summed E-state index contributed by atoms with van der Waals surface area (Å²) in [6.45, 7) is 10.1. The number of pyridine rings is 1. The summed E-state index contributed by atoms with van der Waals surface area (Å²) in [5, 5.41) is 11.6. The molecule has 1 saturated carbocycles. The van der Waals surface area contributed by atoms with E-state index in [1.165, 1.54) is 0 Å². The zero-order chi connectivity index (χ0) is 29.2. The van der Waals surface area contributed by atoms with Crippen LogP contribution in [-0.2, 0) is 20.2 Å². The van der Waals surface area contributed by atoms with E-state index in [1.54, 1.807) is 30.3 Å². The van der Waals surface area contributed by atoms with Crippen molar-refractivity contribution >= 4 is 20.7 Å². The van der Waals surface area contributed by atoms with Crippen molar-refractivity contribution in [1.82, 2.24) is 4.98 Å². The topological polar surface area (TPSA) is 85.7 Å². The van der Waals surface area contributed by atoms with Crippen molar-refractivity contribution in [2.24, 2.45) is 17.8 Å². The molecule has 4 atom stereocenters. The fourth-order valence-electron chi connectivity index (χ4n) is 6.85. The molecule has 2 aromatic carbocycles. The molecule has 1 saturated heterocycles. The lowest BCUT2D eigenvalue weighted by molar-refractivity contribution is -0.0634. The van der Waals surface area contributed by atoms with Crippen molar-refractivity contribution in [2.45, 2.75) is 76.4 Å².